The van der Waals surface area contributed by atoms with E-state index >= 15 is 0 Å². The maximum absolute atomic E-state index is 10.9. The van der Waals surface area contributed by atoms with Gasteiger partial charge >= 0.3 is 7.60 Å². The Bertz CT molecular complexity index is 261. The Balaban J connectivity index is 3.02. The predicted octanol–water partition coefficient (Wildman–Crippen LogP) is 0.939. The van der Waals surface area contributed by atoms with Crippen molar-refractivity contribution in [3.63, 3.8) is 0 Å². The highest BCUT2D eigenvalue weighted by Gasteiger charge is 2.50. The summed E-state index contributed by atoms with van der Waals surface area (Å²) >= 11 is 0. The summed E-state index contributed by atoms with van der Waals surface area (Å²) in [6.45, 7) is 0.212. The van der Waals surface area contributed by atoms with Crippen LogP contribution in [0, 0.1) is 0 Å². The molecule has 7 nitrogen and oxygen atoms in total. The van der Waals surface area contributed by atoms with Crippen molar-refractivity contribution >= 4 is 7.60 Å². The zero-order valence-electron chi connectivity index (χ0n) is 6.12. The second kappa shape index (κ2) is 3.05. The van der Waals surface area contributed by atoms with Crippen molar-refractivity contribution in [2.75, 3.05) is 6.61 Å². The molecule has 1 atom stereocenters. The van der Waals surface area contributed by atoms with Gasteiger partial charge < -0.3 is 14.5 Å². The second-order valence-electron chi connectivity index (χ2n) is 2.43. The smallest absolute Gasteiger partial charge is 0.358 e. The van der Waals surface area contributed by atoms with Gasteiger partial charge in [-0.1, -0.05) is 0 Å². The summed E-state index contributed by atoms with van der Waals surface area (Å²) in [6.07, 6.45) is 0.561. The van der Waals surface area contributed by atoms with Crippen LogP contribution < -0.4 is 0 Å². The summed E-state index contributed by atoms with van der Waals surface area (Å²) in [4.78, 5) is 20.0. The van der Waals surface area contributed by atoms with Crippen LogP contribution in [0.1, 0.15) is 12.8 Å². The average molecular weight is 193 g/mol. The second-order valence-corrected chi connectivity index (χ2v) is 4.22. The van der Waals surface area contributed by atoms with Crippen LogP contribution in [0.2, 0.25) is 0 Å². The molecule has 8 heteroatoms. The van der Waals surface area contributed by atoms with Crippen molar-refractivity contribution in [2.45, 2.75) is 18.3 Å². The van der Waals surface area contributed by atoms with E-state index in [1.54, 1.807) is 0 Å². The van der Waals surface area contributed by atoms with Gasteiger partial charge in [-0.15, -0.1) is 0 Å². The van der Waals surface area contributed by atoms with Crippen LogP contribution in [-0.2, 0) is 9.30 Å². The standard InChI is InChI=1S/C4H8N3O4P/c5-7-6-4(12(8,9)10)2-1-3-11-4/h1-3H2,(H2,8,9,10). The molecule has 1 fully saturated rings. The number of rotatable bonds is 2. The molecule has 1 saturated heterocycles. The molecule has 1 heterocycles. The molecule has 12 heavy (non-hydrogen) atoms. The van der Waals surface area contributed by atoms with E-state index < -0.39 is 13.1 Å². The van der Waals surface area contributed by atoms with E-state index in [-0.39, 0.29) is 13.0 Å². The highest BCUT2D eigenvalue weighted by molar-refractivity contribution is 7.53. The molecule has 2 N–H and O–H groups in total. The van der Waals surface area contributed by atoms with Crippen LogP contribution >= 0.6 is 7.60 Å². The minimum Gasteiger partial charge on any atom is -0.358 e. The van der Waals surface area contributed by atoms with E-state index in [1.807, 2.05) is 0 Å². The lowest BCUT2D eigenvalue weighted by Crippen LogP contribution is -2.23. The Kier molecular flexibility index (Phi) is 2.41. The molecule has 0 aromatic rings. The van der Waals surface area contributed by atoms with Crippen LogP contribution in [0.3, 0.4) is 0 Å². The van der Waals surface area contributed by atoms with Gasteiger partial charge in [-0.05, 0) is 23.5 Å². The van der Waals surface area contributed by atoms with Crippen molar-refractivity contribution < 1.29 is 19.1 Å². The molecular weight excluding hydrogens is 185 g/mol. The number of hydrogen-bond acceptors (Lipinski definition) is 3. The van der Waals surface area contributed by atoms with Gasteiger partial charge in [0.15, 0.2) is 0 Å². The predicted molar refractivity (Wildman–Crippen MR) is 39.1 cm³/mol. The molecule has 0 saturated carbocycles. The third kappa shape index (κ3) is 1.46. The lowest BCUT2D eigenvalue weighted by Gasteiger charge is -2.22. The molecule has 0 amide bonds. The van der Waals surface area contributed by atoms with Gasteiger partial charge in [0, 0.05) is 11.5 Å². The first-order valence-corrected chi connectivity index (χ1v) is 4.89. The minimum absolute atomic E-state index is 0.0708. The SMILES string of the molecule is [N-]=[N+]=NC1(P(=O)(O)O)CCCO1. The highest BCUT2D eigenvalue weighted by atomic mass is 31.2. The van der Waals surface area contributed by atoms with Crippen LogP contribution in [0.5, 0.6) is 0 Å². The Morgan fingerprint density at radius 1 is 1.67 bits per heavy atom. The maximum Gasteiger partial charge on any atom is 0.363 e. The van der Waals surface area contributed by atoms with Crippen LogP contribution in [0.15, 0.2) is 5.11 Å². The van der Waals surface area contributed by atoms with Crippen LogP contribution in [0.4, 0.5) is 0 Å². The average Bonchev–Trinajstić information content (AvgIpc) is 2.36. The molecule has 68 valence electrons. The zero-order chi connectivity index (χ0) is 9.24. The van der Waals surface area contributed by atoms with E-state index in [9.17, 15) is 4.57 Å². The summed E-state index contributed by atoms with van der Waals surface area (Å²) in [7, 11) is -4.50. The first-order chi connectivity index (χ1) is 5.52. The molecule has 0 aromatic heterocycles. The maximum atomic E-state index is 10.9. The van der Waals surface area contributed by atoms with Crippen molar-refractivity contribution in [3.8, 4) is 0 Å². The van der Waals surface area contributed by atoms with E-state index in [0.717, 1.165) is 0 Å². The quantitative estimate of drug-likeness (QED) is 0.293. The van der Waals surface area contributed by atoms with Crippen LogP contribution in [0.25, 0.3) is 10.4 Å². The Morgan fingerprint density at radius 2 is 2.33 bits per heavy atom. The third-order valence-corrected chi connectivity index (χ3v) is 2.99. The largest absolute Gasteiger partial charge is 0.363 e. The first-order valence-electron chi connectivity index (χ1n) is 3.28. The van der Waals surface area contributed by atoms with E-state index in [2.05, 4.69) is 10.0 Å². The normalized spacial score (nSPS) is 29.8. The number of azide groups is 1. The fraction of sp³-hybridized carbons (Fsp3) is 1.00. The fourth-order valence-electron chi connectivity index (χ4n) is 1.05. The Labute approximate surface area is 68.1 Å². The number of nitrogens with zero attached hydrogens (tertiary/aromatic N) is 3. The van der Waals surface area contributed by atoms with Gasteiger partial charge in [-0.3, -0.25) is 4.57 Å². The van der Waals surface area contributed by atoms with Gasteiger partial charge in [0.2, 0.25) is 5.47 Å². The lowest BCUT2D eigenvalue weighted by atomic mass is 10.3. The minimum atomic E-state index is -4.50. The lowest BCUT2D eigenvalue weighted by molar-refractivity contribution is 0.0547. The molecule has 0 aliphatic carbocycles. The van der Waals surface area contributed by atoms with Gasteiger partial charge in [0.05, 0.1) is 0 Å². The summed E-state index contributed by atoms with van der Waals surface area (Å²) < 4.78 is 15.6. The molecule has 0 aromatic carbocycles. The van der Waals surface area contributed by atoms with Crippen molar-refractivity contribution in [1.29, 1.82) is 0 Å². The zero-order valence-corrected chi connectivity index (χ0v) is 7.02. The number of ether oxygens (including phenoxy) is 1. The molecule has 0 bridgehead atoms. The Morgan fingerprint density at radius 3 is 2.67 bits per heavy atom. The third-order valence-electron chi connectivity index (χ3n) is 1.64. The molecule has 0 spiro atoms. The Hall–Kier alpha value is -0.580. The molecule has 1 aliphatic rings. The van der Waals surface area contributed by atoms with E-state index in [1.165, 1.54) is 0 Å². The van der Waals surface area contributed by atoms with Crippen molar-refractivity contribution in [2.24, 2.45) is 5.11 Å². The molecule has 1 aliphatic heterocycles. The molecule has 1 unspecified atom stereocenters. The van der Waals surface area contributed by atoms with Gasteiger partial charge in [-0.25, -0.2) is 0 Å². The fourth-order valence-corrected chi connectivity index (χ4v) is 1.91. The summed E-state index contributed by atoms with van der Waals surface area (Å²) in [5.41, 5.74) is 6.15. The molecular formula is C4H8N3O4P. The van der Waals surface area contributed by atoms with Crippen molar-refractivity contribution in [1.82, 2.24) is 0 Å². The summed E-state index contributed by atoms with van der Waals surface area (Å²) in [6, 6.07) is 0. The topological polar surface area (TPSA) is 116 Å². The highest BCUT2D eigenvalue weighted by Crippen LogP contribution is 2.57. The molecule has 1 rings (SSSR count). The van der Waals surface area contributed by atoms with E-state index in [4.69, 9.17) is 20.1 Å². The van der Waals surface area contributed by atoms with Crippen molar-refractivity contribution in [3.05, 3.63) is 10.4 Å². The summed E-state index contributed by atoms with van der Waals surface area (Å²) in [5, 5.41) is 3.02. The first kappa shape index (κ1) is 9.51. The van der Waals surface area contributed by atoms with Crippen LogP contribution in [-0.4, -0.2) is 21.9 Å². The summed E-state index contributed by atoms with van der Waals surface area (Å²) in [5.74, 6) is 0. The molecule has 0 radical (unpaired) electrons. The monoisotopic (exact) mass is 193 g/mol. The van der Waals surface area contributed by atoms with E-state index in [0.29, 0.717) is 6.42 Å². The van der Waals surface area contributed by atoms with Gasteiger partial charge in [0.25, 0.3) is 0 Å². The number of hydrogen-bond donors (Lipinski definition) is 2. The van der Waals surface area contributed by atoms with Gasteiger partial charge in [-0.2, -0.15) is 0 Å². The van der Waals surface area contributed by atoms with Gasteiger partial charge in [0.1, 0.15) is 0 Å².